The smallest absolute Gasteiger partial charge is 2.00 e. The van der Waals surface area contributed by atoms with Crippen molar-refractivity contribution in [3.05, 3.63) is 12.7 Å². The predicted octanol–water partition coefficient (Wildman–Crippen LogP) is 0.836. The average molecular weight is 370 g/mol. The maximum Gasteiger partial charge on any atom is 3.00 e. The Bertz CT molecular complexity index is 20.0. The predicted molar refractivity (Wildman–Crippen MR) is 17.9 cm³/mol. The third kappa shape index (κ3) is 80.8. The molecule has 2 radical (unpaired) electrons. The van der Waals surface area contributed by atoms with Gasteiger partial charge in [0.2, 0.25) is 0 Å². The van der Waals surface area contributed by atoms with Crippen molar-refractivity contribution in [3.8, 4) is 0 Å². The molecule has 0 saturated heterocycles. The summed E-state index contributed by atoms with van der Waals surface area (Å²) in [4.78, 5) is 0. The van der Waals surface area contributed by atoms with E-state index in [1.165, 1.54) is 0 Å². The third-order valence-corrected chi connectivity index (χ3v) is 0. The van der Waals surface area contributed by atoms with Crippen molar-refractivity contribution < 1.29 is 99.9 Å². The molecule has 0 amide bonds. The summed E-state index contributed by atoms with van der Waals surface area (Å²) in [7, 11) is 0. The van der Waals surface area contributed by atoms with E-state index in [9.17, 15) is 0 Å². The molecule has 0 N–H and O–H groups in total. The van der Waals surface area contributed by atoms with Gasteiger partial charge in [-0.1, -0.05) is 6.08 Å². The quantitative estimate of drug-likeness (QED) is 0.566. The zero-order chi connectivity index (χ0) is 2.71. The number of allylic oxidation sites excluding steroid dienone is 1. The Balaban J connectivity index is -0.00000000200. The van der Waals surface area contributed by atoms with Gasteiger partial charge in [0.15, 0.2) is 0 Å². The minimum absolute atomic E-state index is 0. The van der Waals surface area contributed by atoms with E-state index in [-0.39, 0.29) is 99.9 Å². The van der Waals surface area contributed by atoms with Gasteiger partial charge in [0, 0.05) is 0 Å². The Morgan fingerprint density at radius 1 is 1.00 bits per heavy atom. The molecule has 0 aliphatic heterocycles. The number of hydrogen-bond acceptors (Lipinski definition) is 0. The van der Waals surface area contributed by atoms with Crippen LogP contribution in [-0.4, -0.2) is 0 Å². The molecule has 0 aliphatic rings. The molecule has 0 heterocycles. The van der Waals surface area contributed by atoms with Crippen LogP contribution in [-0.2, 0) is 16.4 Å². The minimum Gasteiger partial charge on any atom is -2.00 e. The summed E-state index contributed by atoms with van der Waals surface area (Å²) in [5.74, 6) is 0. The van der Waals surface area contributed by atoms with Crippen LogP contribution in [0.2, 0.25) is 0 Å². The van der Waals surface area contributed by atoms with E-state index in [4.69, 9.17) is 0 Å². The van der Waals surface area contributed by atoms with Crippen molar-refractivity contribution in [1.82, 2.24) is 0 Å². The molecular formula is C3H6Ce2O3. The van der Waals surface area contributed by atoms with Crippen molar-refractivity contribution in [2.24, 2.45) is 0 Å². The van der Waals surface area contributed by atoms with Gasteiger partial charge in [0.1, 0.15) is 0 Å². The van der Waals surface area contributed by atoms with Crippen molar-refractivity contribution >= 4 is 0 Å². The molecule has 5 heteroatoms. The van der Waals surface area contributed by atoms with Crippen LogP contribution in [0, 0.1) is 83.5 Å². The second kappa shape index (κ2) is 57.8. The largest absolute Gasteiger partial charge is 3.00 e. The van der Waals surface area contributed by atoms with Crippen molar-refractivity contribution in [3.63, 3.8) is 0 Å². The molecule has 0 aromatic rings. The first kappa shape index (κ1) is 47.7. The summed E-state index contributed by atoms with van der Waals surface area (Å²) in [6, 6.07) is 0. The molecule has 0 bridgehead atoms. The first-order valence-electron chi connectivity index (χ1n) is 0.986. The van der Waals surface area contributed by atoms with Gasteiger partial charge in [-0.2, -0.15) is 0 Å². The van der Waals surface area contributed by atoms with Crippen LogP contribution in [0.3, 0.4) is 0 Å². The first-order chi connectivity index (χ1) is 1.41. The van der Waals surface area contributed by atoms with E-state index in [0.717, 1.165) is 0 Å². The summed E-state index contributed by atoms with van der Waals surface area (Å²) in [6.45, 7) is 5.25. The van der Waals surface area contributed by atoms with Gasteiger partial charge < -0.3 is 16.4 Å². The van der Waals surface area contributed by atoms with Gasteiger partial charge in [-0.05, 0) is 6.92 Å². The fourth-order valence-corrected chi connectivity index (χ4v) is 0. The molecule has 0 unspecified atom stereocenters. The molecule has 0 aromatic carbocycles. The van der Waals surface area contributed by atoms with E-state index < -0.39 is 0 Å². The summed E-state index contributed by atoms with van der Waals surface area (Å²) >= 11 is 0. The monoisotopic (exact) mass is 370 g/mol. The number of rotatable bonds is 0. The van der Waals surface area contributed by atoms with Crippen LogP contribution in [0.4, 0.5) is 0 Å². The average Bonchev–Trinajstić information content (AvgIpc) is 0.918. The van der Waals surface area contributed by atoms with Crippen LogP contribution in [0.1, 0.15) is 6.92 Å². The SMILES string of the molecule is C=CC.[Ce+3].[Ce+3].[O-2].[O-2].[O-2]. The zero-order valence-corrected chi connectivity index (χ0v) is 10.8. The van der Waals surface area contributed by atoms with Crippen LogP contribution in [0.5, 0.6) is 0 Å². The fourth-order valence-electron chi connectivity index (χ4n) is 0. The first-order valence-corrected chi connectivity index (χ1v) is 0.986. The topological polar surface area (TPSA) is 85.5 Å². The molecule has 0 atom stereocenters. The van der Waals surface area contributed by atoms with Gasteiger partial charge in [-0.25, -0.2) is 0 Å². The molecule has 8 heavy (non-hydrogen) atoms. The van der Waals surface area contributed by atoms with E-state index in [1.807, 2.05) is 6.92 Å². The molecule has 0 aliphatic carbocycles. The van der Waals surface area contributed by atoms with Crippen LogP contribution >= 0.6 is 0 Å². The van der Waals surface area contributed by atoms with E-state index >= 15 is 0 Å². The summed E-state index contributed by atoms with van der Waals surface area (Å²) in [5, 5.41) is 0. The Kier molecular flexibility index (Phi) is 344. The van der Waals surface area contributed by atoms with Gasteiger partial charge in [-0.3, -0.25) is 0 Å². The van der Waals surface area contributed by atoms with Gasteiger partial charge in [-0.15, -0.1) is 6.58 Å². The molecule has 3 nitrogen and oxygen atoms in total. The van der Waals surface area contributed by atoms with Gasteiger partial charge in [0.25, 0.3) is 0 Å². The van der Waals surface area contributed by atoms with Crippen LogP contribution < -0.4 is 0 Å². The Morgan fingerprint density at radius 3 is 1.00 bits per heavy atom. The molecule has 0 saturated carbocycles. The molecule has 0 spiro atoms. The fraction of sp³-hybridized carbons (Fsp3) is 0.333. The van der Waals surface area contributed by atoms with E-state index in [0.29, 0.717) is 0 Å². The second-order valence-corrected chi connectivity index (χ2v) is 0.408. The molecule has 0 fully saturated rings. The molecule has 0 aromatic heterocycles. The van der Waals surface area contributed by atoms with Crippen molar-refractivity contribution in [2.45, 2.75) is 6.92 Å². The molecule has 0 rings (SSSR count). The number of hydrogen-bond donors (Lipinski definition) is 0. The van der Waals surface area contributed by atoms with Crippen molar-refractivity contribution in [1.29, 1.82) is 0 Å². The normalized spacial score (nSPS) is 1.62. The summed E-state index contributed by atoms with van der Waals surface area (Å²) in [5.41, 5.74) is 0. The third-order valence-electron chi connectivity index (χ3n) is 0. The Morgan fingerprint density at radius 2 is 1.00 bits per heavy atom. The maximum atomic E-state index is 3.36. The zero-order valence-electron chi connectivity index (χ0n) is 4.51. The van der Waals surface area contributed by atoms with Crippen LogP contribution in [0.15, 0.2) is 12.7 Å². The summed E-state index contributed by atoms with van der Waals surface area (Å²) in [6.07, 6.45) is 1.75. The van der Waals surface area contributed by atoms with Gasteiger partial charge in [0.05, 0.1) is 0 Å². The Labute approximate surface area is 117 Å². The van der Waals surface area contributed by atoms with Gasteiger partial charge >= 0.3 is 83.5 Å². The Hall–Kier alpha value is 2.37. The van der Waals surface area contributed by atoms with E-state index in [2.05, 4.69) is 6.58 Å². The van der Waals surface area contributed by atoms with E-state index in [1.54, 1.807) is 6.08 Å². The molecular weight excluding hydrogens is 364 g/mol. The van der Waals surface area contributed by atoms with Crippen molar-refractivity contribution in [2.75, 3.05) is 0 Å². The summed E-state index contributed by atoms with van der Waals surface area (Å²) < 4.78 is 0. The maximum absolute atomic E-state index is 3.36. The van der Waals surface area contributed by atoms with Crippen LogP contribution in [0.25, 0.3) is 0 Å². The standard InChI is InChI=1S/C3H6.2Ce.3O/c1-3-2;;;;;/h3H,1H2,2H3;;;;;/q;2*+3;3*-2. The minimum atomic E-state index is 0. The molecule has 44 valence electrons. The second-order valence-electron chi connectivity index (χ2n) is 0.408.